The van der Waals surface area contributed by atoms with Gasteiger partial charge in [0.2, 0.25) is 0 Å². The second-order valence-electron chi connectivity index (χ2n) is 4.70. The molecule has 2 rings (SSSR count). The molecule has 1 fully saturated rings. The lowest BCUT2D eigenvalue weighted by Crippen LogP contribution is -2.50. The second-order valence-corrected chi connectivity index (χ2v) is 4.70. The highest BCUT2D eigenvalue weighted by Crippen LogP contribution is 2.27. The van der Waals surface area contributed by atoms with E-state index in [2.05, 4.69) is 5.32 Å². The van der Waals surface area contributed by atoms with Gasteiger partial charge in [0, 0.05) is 12.1 Å². The van der Waals surface area contributed by atoms with Crippen LogP contribution in [0.3, 0.4) is 0 Å². The van der Waals surface area contributed by atoms with Crippen LogP contribution in [0.15, 0.2) is 18.2 Å². The van der Waals surface area contributed by atoms with Gasteiger partial charge in [-0.05, 0) is 26.0 Å². The van der Waals surface area contributed by atoms with E-state index in [1.807, 2.05) is 13.8 Å². The zero-order chi connectivity index (χ0) is 11.8. The molecule has 88 valence electrons. The van der Waals surface area contributed by atoms with Crippen molar-refractivity contribution in [2.24, 2.45) is 0 Å². The third kappa shape index (κ3) is 2.23. The van der Waals surface area contributed by atoms with Crippen molar-refractivity contribution >= 4 is 0 Å². The predicted molar refractivity (Wildman–Crippen MR) is 57.1 cm³/mol. The van der Waals surface area contributed by atoms with E-state index >= 15 is 0 Å². The van der Waals surface area contributed by atoms with Crippen LogP contribution in [0, 0.1) is 11.6 Å². The van der Waals surface area contributed by atoms with Crippen LogP contribution in [0.4, 0.5) is 8.78 Å². The molecule has 0 amide bonds. The molecule has 0 saturated carbocycles. The SMILES string of the molecule is CC1(C)COC(c2c(F)cccc2F)CN1. The van der Waals surface area contributed by atoms with Crippen molar-refractivity contribution in [2.45, 2.75) is 25.5 Å². The highest BCUT2D eigenvalue weighted by atomic mass is 19.1. The third-order valence-electron chi connectivity index (χ3n) is 2.73. The maximum absolute atomic E-state index is 13.5. The predicted octanol–water partition coefficient (Wildman–Crippen LogP) is 2.40. The van der Waals surface area contributed by atoms with Crippen LogP contribution in [0.2, 0.25) is 0 Å². The largest absolute Gasteiger partial charge is 0.370 e. The summed E-state index contributed by atoms with van der Waals surface area (Å²) in [5, 5.41) is 3.20. The summed E-state index contributed by atoms with van der Waals surface area (Å²) in [5.74, 6) is -1.10. The minimum atomic E-state index is -0.550. The minimum absolute atomic E-state index is 0.0190. The number of rotatable bonds is 1. The summed E-state index contributed by atoms with van der Waals surface area (Å²) in [5.41, 5.74) is -0.122. The van der Waals surface area contributed by atoms with Crippen molar-refractivity contribution in [2.75, 3.05) is 13.2 Å². The van der Waals surface area contributed by atoms with Gasteiger partial charge in [-0.3, -0.25) is 0 Å². The first-order valence-electron chi connectivity index (χ1n) is 5.30. The number of ether oxygens (including phenoxy) is 1. The summed E-state index contributed by atoms with van der Waals surface area (Å²) >= 11 is 0. The van der Waals surface area contributed by atoms with Crippen LogP contribution >= 0.6 is 0 Å². The van der Waals surface area contributed by atoms with Gasteiger partial charge in [-0.2, -0.15) is 0 Å². The van der Waals surface area contributed by atoms with Crippen molar-refractivity contribution in [3.8, 4) is 0 Å². The fourth-order valence-electron chi connectivity index (χ4n) is 1.79. The van der Waals surface area contributed by atoms with Gasteiger partial charge in [0.15, 0.2) is 0 Å². The highest BCUT2D eigenvalue weighted by Gasteiger charge is 2.30. The van der Waals surface area contributed by atoms with E-state index in [0.29, 0.717) is 13.2 Å². The number of morpholine rings is 1. The summed E-state index contributed by atoms with van der Waals surface area (Å²) < 4.78 is 32.5. The Kier molecular flexibility index (Phi) is 2.95. The lowest BCUT2D eigenvalue weighted by atomic mass is 10.0. The molecule has 1 saturated heterocycles. The minimum Gasteiger partial charge on any atom is -0.370 e. The highest BCUT2D eigenvalue weighted by molar-refractivity contribution is 5.23. The van der Waals surface area contributed by atoms with E-state index in [1.54, 1.807) is 0 Å². The lowest BCUT2D eigenvalue weighted by molar-refractivity contribution is -0.0261. The monoisotopic (exact) mass is 227 g/mol. The molecule has 1 aliphatic heterocycles. The van der Waals surface area contributed by atoms with Crippen LogP contribution in [0.1, 0.15) is 25.5 Å². The molecule has 4 heteroatoms. The summed E-state index contributed by atoms with van der Waals surface area (Å²) in [6.45, 7) is 4.83. The van der Waals surface area contributed by atoms with Crippen LogP contribution in [0.5, 0.6) is 0 Å². The number of benzene rings is 1. The molecular formula is C12H15F2NO. The van der Waals surface area contributed by atoms with E-state index in [4.69, 9.17) is 4.74 Å². The van der Waals surface area contributed by atoms with Crippen molar-refractivity contribution in [1.29, 1.82) is 0 Å². The summed E-state index contributed by atoms with van der Waals surface area (Å²) in [6, 6.07) is 3.86. The van der Waals surface area contributed by atoms with Crippen molar-refractivity contribution < 1.29 is 13.5 Å². The molecule has 0 radical (unpaired) electrons. The first-order valence-corrected chi connectivity index (χ1v) is 5.30. The van der Waals surface area contributed by atoms with Crippen LogP contribution in [0.25, 0.3) is 0 Å². The Morgan fingerprint density at radius 2 is 1.94 bits per heavy atom. The molecular weight excluding hydrogens is 212 g/mol. The van der Waals surface area contributed by atoms with Gasteiger partial charge in [-0.25, -0.2) is 8.78 Å². The van der Waals surface area contributed by atoms with Crippen molar-refractivity contribution in [1.82, 2.24) is 5.32 Å². The van der Waals surface area contributed by atoms with Crippen LogP contribution in [-0.2, 0) is 4.74 Å². The Hall–Kier alpha value is -1.00. The van der Waals surface area contributed by atoms with Gasteiger partial charge in [-0.1, -0.05) is 6.07 Å². The molecule has 1 aromatic rings. The average Bonchev–Trinajstić information content (AvgIpc) is 2.20. The standard InChI is InChI=1S/C12H15F2NO/c1-12(2)7-16-10(6-15-12)11-8(13)4-3-5-9(11)14/h3-5,10,15H,6-7H2,1-2H3. The van der Waals surface area contributed by atoms with Crippen LogP contribution < -0.4 is 5.32 Å². The van der Waals surface area contributed by atoms with E-state index in [-0.39, 0.29) is 11.1 Å². The number of hydrogen-bond acceptors (Lipinski definition) is 2. The van der Waals surface area contributed by atoms with Gasteiger partial charge in [0.1, 0.15) is 17.7 Å². The number of nitrogens with one attached hydrogen (secondary N) is 1. The molecule has 16 heavy (non-hydrogen) atoms. The summed E-state index contributed by atoms with van der Waals surface area (Å²) in [7, 11) is 0. The fourth-order valence-corrected chi connectivity index (χ4v) is 1.79. The molecule has 0 spiro atoms. The van der Waals surface area contributed by atoms with Crippen molar-refractivity contribution in [3.63, 3.8) is 0 Å². The Bertz CT molecular complexity index is 362. The molecule has 0 aromatic heterocycles. The lowest BCUT2D eigenvalue weighted by Gasteiger charge is -2.36. The molecule has 1 unspecified atom stereocenters. The quantitative estimate of drug-likeness (QED) is 0.795. The average molecular weight is 227 g/mol. The van der Waals surface area contributed by atoms with Gasteiger partial charge < -0.3 is 10.1 Å². The zero-order valence-corrected chi connectivity index (χ0v) is 9.39. The topological polar surface area (TPSA) is 21.3 Å². The Morgan fingerprint density at radius 3 is 2.44 bits per heavy atom. The van der Waals surface area contributed by atoms with E-state index in [9.17, 15) is 8.78 Å². The molecule has 1 heterocycles. The molecule has 2 nitrogen and oxygen atoms in total. The summed E-state index contributed by atoms with van der Waals surface area (Å²) in [4.78, 5) is 0. The maximum atomic E-state index is 13.5. The first-order chi connectivity index (χ1) is 7.49. The molecule has 1 N–H and O–H groups in total. The summed E-state index contributed by atoms with van der Waals surface area (Å²) in [6.07, 6.45) is -0.547. The fraction of sp³-hybridized carbons (Fsp3) is 0.500. The van der Waals surface area contributed by atoms with Crippen molar-refractivity contribution in [3.05, 3.63) is 35.4 Å². The zero-order valence-electron chi connectivity index (χ0n) is 9.39. The molecule has 0 aliphatic carbocycles. The molecule has 1 aliphatic rings. The molecule has 0 bridgehead atoms. The molecule has 1 atom stereocenters. The number of hydrogen-bond donors (Lipinski definition) is 1. The normalized spacial score (nSPS) is 24.4. The Balaban J connectivity index is 2.20. The van der Waals surface area contributed by atoms with E-state index in [1.165, 1.54) is 18.2 Å². The second kappa shape index (κ2) is 4.11. The van der Waals surface area contributed by atoms with E-state index < -0.39 is 17.7 Å². The number of halogens is 2. The van der Waals surface area contributed by atoms with Gasteiger partial charge in [0.05, 0.1) is 12.2 Å². The van der Waals surface area contributed by atoms with Gasteiger partial charge >= 0.3 is 0 Å². The van der Waals surface area contributed by atoms with E-state index in [0.717, 1.165) is 0 Å². The third-order valence-corrected chi connectivity index (χ3v) is 2.73. The van der Waals surface area contributed by atoms with Gasteiger partial charge in [0.25, 0.3) is 0 Å². The Morgan fingerprint density at radius 1 is 1.31 bits per heavy atom. The smallest absolute Gasteiger partial charge is 0.132 e. The first kappa shape index (κ1) is 11.5. The maximum Gasteiger partial charge on any atom is 0.132 e. The Labute approximate surface area is 93.6 Å². The van der Waals surface area contributed by atoms with Crippen LogP contribution in [-0.4, -0.2) is 18.7 Å². The van der Waals surface area contributed by atoms with Gasteiger partial charge in [-0.15, -0.1) is 0 Å². The molecule has 1 aromatic carbocycles.